The Balaban J connectivity index is 2.48. The summed E-state index contributed by atoms with van der Waals surface area (Å²) >= 11 is 1.90. The Morgan fingerprint density at radius 1 is 1.62 bits per heavy atom. The number of rotatable bonds is 2. The predicted molar refractivity (Wildman–Crippen MR) is 70.2 cm³/mol. The van der Waals surface area contributed by atoms with Crippen molar-refractivity contribution in [3.05, 3.63) is 34.2 Å². The smallest absolute Gasteiger partial charge is 0.243 e. The molecule has 1 aliphatic heterocycles. The van der Waals surface area contributed by atoms with Crippen molar-refractivity contribution in [2.24, 2.45) is 0 Å². The molecule has 16 heavy (non-hydrogen) atoms. The van der Waals surface area contributed by atoms with Crippen molar-refractivity contribution in [2.45, 2.75) is 0 Å². The van der Waals surface area contributed by atoms with E-state index in [2.05, 4.69) is 11.9 Å². The molecule has 0 aliphatic carbocycles. The lowest BCUT2D eigenvalue weighted by Gasteiger charge is -2.30. The summed E-state index contributed by atoms with van der Waals surface area (Å²) in [5.74, 6) is -0.360. The summed E-state index contributed by atoms with van der Waals surface area (Å²) < 4.78 is 13.9. The van der Waals surface area contributed by atoms with Crippen molar-refractivity contribution in [1.82, 2.24) is 0 Å². The molecule has 1 heterocycles. The molecule has 1 N–H and O–H groups in total. The molecular weight excluding hydrogens is 322 g/mol. The molecule has 1 aliphatic rings. The van der Waals surface area contributed by atoms with E-state index >= 15 is 0 Å². The van der Waals surface area contributed by atoms with Gasteiger partial charge in [0.25, 0.3) is 0 Å². The monoisotopic (exact) mass is 332 g/mol. The predicted octanol–water partition coefficient (Wildman–Crippen LogP) is 2.37. The number of nitrogens with one attached hydrogen (secondary N) is 1. The van der Waals surface area contributed by atoms with Gasteiger partial charge in [0.2, 0.25) is 5.91 Å². The Kier molecular flexibility index (Phi) is 3.13. The molecule has 1 aromatic carbocycles. The molecule has 0 unspecified atom stereocenters. The normalized spacial score (nSPS) is 14.4. The van der Waals surface area contributed by atoms with Crippen LogP contribution in [0.2, 0.25) is 0 Å². The van der Waals surface area contributed by atoms with Crippen LogP contribution >= 0.6 is 22.6 Å². The van der Waals surface area contributed by atoms with Crippen LogP contribution in [0.15, 0.2) is 24.8 Å². The highest BCUT2D eigenvalue weighted by Crippen LogP contribution is 2.32. The van der Waals surface area contributed by atoms with Crippen LogP contribution in [0.4, 0.5) is 15.8 Å². The Hall–Kier alpha value is -1.11. The van der Waals surface area contributed by atoms with Gasteiger partial charge in [-0.3, -0.25) is 4.79 Å². The van der Waals surface area contributed by atoms with E-state index < -0.39 is 0 Å². The van der Waals surface area contributed by atoms with Gasteiger partial charge >= 0.3 is 0 Å². The number of benzene rings is 1. The number of nitrogens with zero attached hydrogens (tertiary/aromatic N) is 1. The number of carbonyl (C=O) groups excluding carboxylic acids is 1. The summed E-state index contributed by atoms with van der Waals surface area (Å²) in [5.41, 5.74) is 1.36. The zero-order chi connectivity index (χ0) is 11.7. The number of amides is 1. The second-order valence-electron chi connectivity index (χ2n) is 3.50. The van der Waals surface area contributed by atoms with Crippen molar-refractivity contribution in [1.29, 1.82) is 0 Å². The minimum absolute atomic E-state index is 0.0863. The topological polar surface area (TPSA) is 32.3 Å². The van der Waals surface area contributed by atoms with Crippen molar-refractivity contribution in [2.75, 3.05) is 23.3 Å². The van der Waals surface area contributed by atoms with Crippen LogP contribution in [-0.2, 0) is 4.79 Å². The van der Waals surface area contributed by atoms with E-state index in [0.29, 0.717) is 21.5 Å². The number of fused-ring (bicyclic) bond motifs is 1. The molecule has 3 nitrogen and oxygen atoms in total. The lowest BCUT2D eigenvalue weighted by molar-refractivity contribution is -0.115. The van der Waals surface area contributed by atoms with Gasteiger partial charge in [0.15, 0.2) is 0 Å². The maximum Gasteiger partial charge on any atom is 0.243 e. The highest BCUT2D eigenvalue weighted by molar-refractivity contribution is 14.1. The summed E-state index contributed by atoms with van der Waals surface area (Å²) in [6.07, 6.45) is 1.69. The first-order valence-electron chi connectivity index (χ1n) is 4.76. The molecule has 0 fully saturated rings. The van der Waals surface area contributed by atoms with E-state index in [1.165, 1.54) is 6.07 Å². The molecule has 0 saturated heterocycles. The Bertz CT molecular complexity index is 462. The highest BCUT2D eigenvalue weighted by Gasteiger charge is 2.22. The lowest BCUT2D eigenvalue weighted by Crippen LogP contribution is -2.38. The number of anilines is 2. The molecule has 0 radical (unpaired) electrons. The summed E-state index contributed by atoms with van der Waals surface area (Å²) in [5, 5.41) is 2.73. The summed E-state index contributed by atoms with van der Waals surface area (Å²) in [6, 6.07) is 3.08. The van der Waals surface area contributed by atoms with Crippen molar-refractivity contribution < 1.29 is 9.18 Å². The first kappa shape index (κ1) is 11.4. The minimum atomic E-state index is -0.274. The van der Waals surface area contributed by atoms with Crippen LogP contribution in [0.25, 0.3) is 0 Å². The third kappa shape index (κ3) is 2.04. The van der Waals surface area contributed by atoms with Gasteiger partial charge in [0.05, 0.1) is 21.5 Å². The van der Waals surface area contributed by atoms with Crippen LogP contribution in [0.5, 0.6) is 0 Å². The molecule has 1 aromatic rings. The van der Waals surface area contributed by atoms with E-state index in [4.69, 9.17) is 0 Å². The zero-order valence-corrected chi connectivity index (χ0v) is 10.6. The molecule has 2 rings (SSSR count). The van der Waals surface area contributed by atoms with Crippen molar-refractivity contribution in [3.8, 4) is 0 Å². The largest absolute Gasteiger partial charge is 0.357 e. The maximum absolute atomic E-state index is 13.4. The van der Waals surface area contributed by atoms with Crippen LogP contribution in [0, 0.1) is 9.39 Å². The van der Waals surface area contributed by atoms with Gasteiger partial charge in [-0.2, -0.15) is 0 Å². The Labute approximate surface area is 106 Å². The van der Waals surface area contributed by atoms with E-state index in [0.717, 1.165) is 0 Å². The van der Waals surface area contributed by atoms with Gasteiger partial charge in [-0.15, -0.1) is 6.58 Å². The fourth-order valence-electron chi connectivity index (χ4n) is 1.67. The van der Waals surface area contributed by atoms with E-state index in [1.807, 2.05) is 22.6 Å². The summed E-state index contributed by atoms with van der Waals surface area (Å²) in [4.78, 5) is 13.2. The highest BCUT2D eigenvalue weighted by atomic mass is 127. The Morgan fingerprint density at radius 2 is 2.38 bits per heavy atom. The molecule has 0 atom stereocenters. The fraction of sp³-hybridized carbons (Fsp3) is 0.182. The van der Waals surface area contributed by atoms with Crippen LogP contribution in [0.1, 0.15) is 0 Å². The van der Waals surface area contributed by atoms with Crippen LogP contribution < -0.4 is 10.2 Å². The third-order valence-corrected chi connectivity index (χ3v) is 3.16. The van der Waals surface area contributed by atoms with Gasteiger partial charge in [-0.25, -0.2) is 4.39 Å². The van der Waals surface area contributed by atoms with Gasteiger partial charge < -0.3 is 10.2 Å². The molecule has 1 amide bonds. The van der Waals surface area contributed by atoms with E-state index in [-0.39, 0.29) is 18.3 Å². The quantitative estimate of drug-likeness (QED) is 0.666. The van der Waals surface area contributed by atoms with Crippen molar-refractivity contribution >= 4 is 39.9 Å². The van der Waals surface area contributed by atoms with E-state index in [9.17, 15) is 9.18 Å². The van der Waals surface area contributed by atoms with Gasteiger partial charge in [-0.05, 0) is 28.7 Å². The third-order valence-electron chi connectivity index (χ3n) is 2.34. The molecule has 0 bridgehead atoms. The molecule has 5 heteroatoms. The SMILES string of the molecule is C=CCN1CC(=O)Nc2cc(I)c(F)cc21. The average Bonchev–Trinajstić information content (AvgIpc) is 2.21. The first-order chi connectivity index (χ1) is 7.61. The lowest BCUT2D eigenvalue weighted by atomic mass is 10.2. The standard InChI is InChI=1S/C11H10FIN2O/c1-2-3-15-6-11(16)14-9-5-8(13)7(12)4-10(9)15/h2,4-5H,1,3,6H2,(H,14,16). The zero-order valence-electron chi connectivity index (χ0n) is 8.46. The van der Waals surface area contributed by atoms with Gasteiger partial charge in [0.1, 0.15) is 5.82 Å². The fourth-order valence-corrected chi connectivity index (χ4v) is 2.13. The molecule has 84 valence electrons. The maximum atomic E-state index is 13.4. The summed E-state index contributed by atoms with van der Waals surface area (Å²) in [6.45, 7) is 4.39. The second kappa shape index (κ2) is 4.40. The molecule has 0 saturated carbocycles. The molecule has 0 spiro atoms. The minimum Gasteiger partial charge on any atom is -0.357 e. The number of halogens is 2. The van der Waals surface area contributed by atoms with Gasteiger partial charge in [0, 0.05) is 12.6 Å². The molecular formula is C11H10FIN2O. The van der Waals surface area contributed by atoms with Crippen molar-refractivity contribution in [3.63, 3.8) is 0 Å². The number of hydrogen-bond donors (Lipinski definition) is 1. The number of hydrogen-bond acceptors (Lipinski definition) is 2. The average molecular weight is 332 g/mol. The van der Waals surface area contributed by atoms with Crippen LogP contribution in [-0.4, -0.2) is 19.0 Å². The summed E-state index contributed by atoms with van der Waals surface area (Å²) in [7, 11) is 0. The molecule has 0 aromatic heterocycles. The first-order valence-corrected chi connectivity index (χ1v) is 5.84. The van der Waals surface area contributed by atoms with E-state index in [1.54, 1.807) is 17.0 Å². The second-order valence-corrected chi connectivity index (χ2v) is 4.66. The van der Waals surface area contributed by atoms with Gasteiger partial charge in [-0.1, -0.05) is 6.08 Å². The van der Waals surface area contributed by atoms with Crippen LogP contribution in [0.3, 0.4) is 0 Å². The Morgan fingerprint density at radius 3 is 3.06 bits per heavy atom. The number of carbonyl (C=O) groups is 1.